The first-order valence-corrected chi connectivity index (χ1v) is 10.2. The van der Waals surface area contributed by atoms with E-state index in [4.69, 9.17) is 4.52 Å². The summed E-state index contributed by atoms with van der Waals surface area (Å²) in [7, 11) is -1.49. The zero-order valence-electron chi connectivity index (χ0n) is 15.5. The zero-order valence-corrected chi connectivity index (χ0v) is 16.4. The lowest BCUT2D eigenvalue weighted by molar-refractivity contribution is 0.372. The van der Waals surface area contributed by atoms with Crippen molar-refractivity contribution in [3.63, 3.8) is 0 Å². The molecule has 0 atom stereocenters. The fourth-order valence-corrected chi connectivity index (χ4v) is 3.49. The summed E-state index contributed by atoms with van der Waals surface area (Å²) >= 11 is 0. The van der Waals surface area contributed by atoms with Gasteiger partial charge in [-0.2, -0.15) is 4.98 Å². The predicted molar refractivity (Wildman–Crippen MR) is 99.8 cm³/mol. The molecule has 2 rings (SSSR count). The molecule has 0 aliphatic heterocycles. The molecule has 0 spiro atoms. The molecule has 0 aliphatic carbocycles. The van der Waals surface area contributed by atoms with Gasteiger partial charge in [0.25, 0.3) is 0 Å². The van der Waals surface area contributed by atoms with E-state index in [1.165, 1.54) is 6.26 Å². The summed E-state index contributed by atoms with van der Waals surface area (Å²) in [6.45, 7) is 4.86. The number of aryl methyl sites for hydroxylation is 3. The van der Waals surface area contributed by atoms with Crippen molar-refractivity contribution < 1.29 is 12.9 Å². The van der Waals surface area contributed by atoms with Crippen LogP contribution in [0.1, 0.15) is 29.3 Å². The number of aliphatic imine (C=N–C) groups is 1. The lowest BCUT2D eigenvalue weighted by Gasteiger charge is -2.12. The minimum absolute atomic E-state index is 0.361. The first kappa shape index (κ1) is 19.9. The van der Waals surface area contributed by atoms with Crippen molar-refractivity contribution in [1.29, 1.82) is 0 Å². The normalized spacial score (nSPS) is 12.2. The Balaban J connectivity index is 1.80. The molecule has 2 N–H and O–H groups in total. The lowest BCUT2D eigenvalue weighted by atomic mass is 10.1. The van der Waals surface area contributed by atoms with Crippen molar-refractivity contribution in [3.05, 3.63) is 41.0 Å². The van der Waals surface area contributed by atoms with Gasteiger partial charge in [-0.15, -0.1) is 0 Å². The maximum absolute atomic E-state index is 11.7. The van der Waals surface area contributed by atoms with Gasteiger partial charge in [-0.05, 0) is 37.5 Å². The number of hydrogen-bond donors (Lipinski definition) is 2. The van der Waals surface area contributed by atoms with Gasteiger partial charge in [-0.25, -0.2) is 8.42 Å². The Morgan fingerprint density at radius 1 is 1.27 bits per heavy atom. The molecular weight excluding hydrogens is 354 g/mol. The van der Waals surface area contributed by atoms with E-state index in [9.17, 15) is 8.42 Å². The quantitative estimate of drug-likeness (QED) is 0.425. The van der Waals surface area contributed by atoms with Crippen molar-refractivity contribution in [3.8, 4) is 0 Å². The molecule has 0 fully saturated rings. The van der Waals surface area contributed by atoms with Gasteiger partial charge in [0.05, 0.1) is 4.90 Å². The van der Waals surface area contributed by atoms with Crippen LogP contribution in [0.3, 0.4) is 0 Å². The summed E-state index contributed by atoms with van der Waals surface area (Å²) in [5.74, 6) is 1.95. The van der Waals surface area contributed by atoms with Crippen molar-refractivity contribution in [1.82, 2.24) is 20.8 Å². The second kappa shape index (κ2) is 8.79. The van der Waals surface area contributed by atoms with E-state index >= 15 is 0 Å². The molecule has 26 heavy (non-hydrogen) atoms. The number of aromatic nitrogens is 2. The topological polar surface area (TPSA) is 109 Å². The number of guanidine groups is 1. The van der Waals surface area contributed by atoms with Crippen LogP contribution >= 0.6 is 0 Å². The van der Waals surface area contributed by atoms with Gasteiger partial charge >= 0.3 is 0 Å². The number of nitrogens with zero attached hydrogens (tertiary/aromatic N) is 3. The highest BCUT2D eigenvalue weighted by atomic mass is 32.2. The standard InChI is InChI=1S/C17H25N5O3S/c1-12-10-14(7-8-15(12)26(4,23)24)11-20-17(18-3)19-9-5-6-16-21-13(2)22-25-16/h7-8,10H,5-6,9,11H2,1-4H3,(H2,18,19,20). The third kappa shape index (κ3) is 5.83. The zero-order chi connectivity index (χ0) is 19.2. The maximum Gasteiger partial charge on any atom is 0.226 e. The summed E-state index contributed by atoms with van der Waals surface area (Å²) in [6.07, 6.45) is 2.76. The van der Waals surface area contributed by atoms with Gasteiger partial charge < -0.3 is 15.2 Å². The van der Waals surface area contributed by atoms with Gasteiger partial charge in [0.15, 0.2) is 21.6 Å². The third-order valence-electron chi connectivity index (χ3n) is 3.75. The van der Waals surface area contributed by atoms with Crippen LogP contribution in [0.2, 0.25) is 0 Å². The molecule has 0 amide bonds. The summed E-state index contributed by atoms with van der Waals surface area (Å²) in [5.41, 5.74) is 1.73. The third-order valence-corrected chi connectivity index (χ3v) is 5.01. The van der Waals surface area contributed by atoms with Crippen molar-refractivity contribution in [2.75, 3.05) is 19.8 Å². The molecular formula is C17H25N5O3S. The highest BCUT2D eigenvalue weighted by Crippen LogP contribution is 2.16. The molecule has 0 radical (unpaired) electrons. The summed E-state index contributed by atoms with van der Waals surface area (Å²) < 4.78 is 28.4. The van der Waals surface area contributed by atoms with Crippen LogP contribution in [0.4, 0.5) is 0 Å². The summed E-state index contributed by atoms with van der Waals surface area (Å²) in [6, 6.07) is 5.32. The van der Waals surface area contributed by atoms with E-state index in [0.717, 1.165) is 17.5 Å². The molecule has 0 bridgehead atoms. The molecule has 9 heteroatoms. The first-order valence-electron chi connectivity index (χ1n) is 8.33. The second-order valence-corrected chi connectivity index (χ2v) is 8.05. The number of nitrogens with one attached hydrogen (secondary N) is 2. The molecule has 142 valence electrons. The van der Waals surface area contributed by atoms with Crippen LogP contribution in [0, 0.1) is 13.8 Å². The molecule has 2 aromatic rings. The summed E-state index contributed by atoms with van der Waals surface area (Å²) in [5, 5.41) is 10.2. The largest absolute Gasteiger partial charge is 0.356 e. The molecule has 0 unspecified atom stereocenters. The van der Waals surface area contributed by atoms with Gasteiger partial charge in [-0.1, -0.05) is 17.3 Å². The second-order valence-electron chi connectivity index (χ2n) is 6.06. The van der Waals surface area contributed by atoms with Crippen molar-refractivity contribution in [2.45, 2.75) is 38.1 Å². The van der Waals surface area contributed by atoms with Gasteiger partial charge in [-0.3, -0.25) is 4.99 Å². The van der Waals surface area contributed by atoms with Gasteiger partial charge in [0.2, 0.25) is 5.89 Å². The maximum atomic E-state index is 11.7. The molecule has 0 saturated heterocycles. The monoisotopic (exact) mass is 379 g/mol. The molecule has 0 saturated carbocycles. The minimum Gasteiger partial charge on any atom is -0.356 e. The Kier molecular flexibility index (Phi) is 6.73. The first-order chi connectivity index (χ1) is 12.3. The van der Waals surface area contributed by atoms with E-state index in [-0.39, 0.29) is 0 Å². The number of rotatable bonds is 7. The minimum atomic E-state index is -3.20. The van der Waals surface area contributed by atoms with E-state index in [1.54, 1.807) is 27.0 Å². The Morgan fingerprint density at radius 3 is 2.62 bits per heavy atom. The Bertz CT molecular complexity index is 874. The average molecular weight is 379 g/mol. The van der Waals surface area contributed by atoms with Crippen molar-refractivity contribution in [2.24, 2.45) is 4.99 Å². The van der Waals surface area contributed by atoms with Crippen LogP contribution in [-0.4, -0.2) is 44.4 Å². The molecule has 1 aromatic carbocycles. The van der Waals surface area contributed by atoms with Crippen LogP contribution in [0.25, 0.3) is 0 Å². The predicted octanol–water partition coefficient (Wildman–Crippen LogP) is 1.39. The molecule has 8 nitrogen and oxygen atoms in total. The smallest absolute Gasteiger partial charge is 0.226 e. The number of sulfone groups is 1. The van der Waals surface area contributed by atoms with E-state index in [1.807, 2.05) is 12.1 Å². The highest BCUT2D eigenvalue weighted by molar-refractivity contribution is 7.90. The van der Waals surface area contributed by atoms with Crippen LogP contribution in [0.5, 0.6) is 0 Å². The van der Waals surface area contributed by atoms with Crippen LogP contribution in [-0.2, 0) is 22.8 Å². The highest BCUT2D eigenvalue weighted by Gasteiger charge is 2.11. The van der Waals surface area contributed by atoms with Crippen LogP contribution in [0.15, 0.2) is 32.6 Å². The average Bonchev–Trinajstić information content (AvgIpc) is 2.98. The Morgan fingerprint density at radius 2 is 2.04 bits per heavy atom. The molecule has 1 heterocycles. The number of hydrogen-bond acceptors (Lipinski definition) is 6. The molecule has 0 aliphatic rings. The molecule has 1 aromatic heterocycles. The van der Waals surface area contributed by atoms with Gasteiger partial charge in [0, 0.05) is 32.8 Å². The van der Waals surface area contributed by atoms with E-state index < -0.39 is 9.84 Å². The summed E-state index contributed by atoms with van der Waals surface area (Å²) in [4.78, 5) is 8.70. The van der Waals surface area contributed by atoms with E-state index in [2.05, 4.69) is 25.8 Å². The SMILES string of the molecule is CN=C(NCCCc1nc(C)no1)NCc1ccc(S(C)(=O)=O)c(C)c1. The fraction of sp³-hybridized carbons (Fsp3) is 0.471. The van der Waals surface area contributed by atoms with Crippen molar-refractivity contribution >= 4 is 15.8 Å². The van der Waals surface area contributed by atoms with Crippen LogP contribution < -0.4 is 10.6 Å². The van der Waals surface area contributed by atoms with E-state index in [0.29, 0.717) is 42.1 Å². The lowest BCUT2D eigenvalue weighted by Crippen LogP contribution is -2.37. The number of benzene rings is 1. The Hall–Kier alpha value is -2.42. The Labute approximate surface area is 154 Å². The fourth-order valence-electron chi connectivity index (χ4n) is 2.53. The van der Waals surface area contributed by atoms with Gasteiger partial charge in [0.1, 0.15) is 0 Å².